The van der Waals surface area contributed by atoms with Gasteiger partial charge >= 0.3 is 5.97 Å². The van der Waals surface area contributed by atoms with Crippen LogP contribution in [0.2, 0.25) is 5.02 Å². The average Bonchev–Trinajstić information content (AvgIpc) is 2.38. The Balaban J connectivity index is 2.35. The van der Waals surface area contributed by atoms with Gasteiger partial charge in [-0.2, -0.15) is 0 Å². The monoisotopic (exact) mass is 359 g/mol. The van der Waals surface area contributed by atoms with Crippen LogP contribution in [0.15, 0.2) is 22.7 Å². The minimum absolute atomic E-state index is 0.0167. The van der Waals surface area contributed by atoms with Crippen molar-refractivity contribution in [2.24, 2.45) is 0 Å². The summed E-state index contributed by atoms with van der Waals surface area (Å²) in [6, 6.07) is 5.75. The molecular formula is C15H19BrClNO2. The quantitative estimate of drug-likeness (QED) is 0.863. The third-order valence-electron chi connectivity index (χ3n) is 4.29. The van der Waals surface area contributed by atoms with Gasteiger partial charge in [-0.3, -0.25) is 9.69 Å². The second-order valence-corrected chi connectivity index (χ2v) is 6.89. The van der Waals surface area contributed by atoms with E-state index in [1.54, 1.807) is 0 Å². The molecule has 1 fully saturated rings. The van der Waals surface area contributed by atoms with Gasteiger partial charge < -0.3 is 5.11 Å². The molecule has 1 N–H and O–H groups in total. The maximum absolute atomic E-state index is 11.7. The van der Waals surface area contributed by atoms with Gasteiger partial charge in [-0.05, 0) is 57.4 Å². The number of hydrogen-bond donors (Lipinski definition) is 1. The summed E-state index contributed by atoms with van der Waals surface area (Å²) in [7, 11) is 0. The van der Waals surface area contributed by atoms with E-state index in [9.17, 15) is 9.90 Å². The van der Waals surface area contributed by atoms with Crippen LogP contribution >= 0.6 is 27.5 Å². The van der Waals surface area contributed by atoms with E-state index in [4.69, 9.17) is 11.6 Å². The minimum atomic E-state index is -0.811. The third-order valence-corrected chi connectivity index (χ3v) is 5.11. The molecule has 1 aromatic rings. The van der Waals surface area contributed by atoms with Gasteiger partial charge in [0.2, 0.25) is 0 Å². The van der Waals surface area contributed by atoms with Gasteiger partial charge in [0.15, 0.2) is 0 Å². The lowest BCUT2D eigenvalue weighted by Gasteiger charge is -2.45. The summed E-state index contributed by atoms with van der Waals surface area (Å²) in [6.07, 6.45) is 2.67. The van der Waals surface area contributed by atoms with E-state index < -0.39 is 11.5 Å². The van der Waals surface area contributed by atoms with Crippen LogP contribution in [0, 0.1) is 0 Å². The summed E-state index contributed by atoms with van der Waals surface area (Å²) in [6.45, 7) is 4.63. The molecule has 0 aromatic heterocycles. The van der Waals surface area contributed by atoms with Gasteiger partial charge in [-0.25, -0.2) is 0 Å². The van der Waals surface area contributed by atoms with E-state index in [0.29, 0.717) is 11.4 Å². The molecule has 5 heteroatoms. The first-order chi connectivity index (χ1) is 9.36. The summed E-state index contributed by atoms with van der Waals surface area (Å²) in [5, 5.41) is 10.3. The predicted octanol–water partition coefficient (Wildman–Crippen LogP) is 4.49. The molecule has 3 nitrogen and oxygen atoms in total. The number of hydrogen-bond acceptors (Lipinski definition) is 2. The van der Waals surface area contributed by atoms with Crippen LogP contribution in [0.3, 0.4) is 0 Å². The van der Waals surface area contributed by atoms with Gasteiger partial charge in [0.05, 0.1) is 0 Å². The van der Waals surface area contributed by atoms with Crippen molar-refractivity contribution in [2.75, 3.05) is 6.54 Å². The van der Waals surface area contributed by atoms with E-state index in [2.05, 4.69) is 20.8 Å². The van der Waals surface area contributed by atoms with Crippen LogP contribution in [0.5, 0.6) is 0 Å². The Morgan fingerprint density at radius 3 is 2.80 bits per heavy atom. The Morgan fingerprint density at radius 2 is 2.20 bits per heavy atom. The molecule has 1 aliphatic heterocycles. The number of benzene rings is 1. The number of carboxylic acids is 1. The van der Waals surface area contributed by atoms with Crippen molar-refractivity contribution in [1.82, 2.24) is 4.90 Å². The number of piperidine rings is 1. The predicted molar refractivity (Wildman–Crippen MR) is 84.2 cm³/mol. The molecule has 20 heavy (non-hydrogen) atoms. The van der Waals surface area contributed by atoms with Crippen LogP contribution in [0.1, 0.15) is 44.7 Å². The molecule has 1 saturated heterocycles. The second-order valence-electron chi connectivity index (χ2n) is 5.57. The minimum Gasteiger partial charge on any atom is -0.480 e. The van der Waals surface area contributed by atoms with Crippen molar-refractivity contribution in [3.8, 4) is 0 Å². The number of likely N-dealkylation sites (tertiary alicyclic amines) is 1. The fourth-order valence-corrected chi connectivity index (χ4v) is 3.83. The summed E-state index contributed by atoms with van der Waals surface area (Å²) >= 11 is 9.71. The van der Waals surface area contributed by atoms with Crippen molar-refractivity contribution < 1.29 is 9.90 Å². The van der Waals surface area contributed by atoms with Crippen molar-refractivity contribution in [3.05, 3.63) is 33.3 Å². The Morgan fingerprint density at radius 1 is 1.50 bits per heavy atom. The highest BCUT2D eigenvalue weighted by Crippen LogP contribution is 2.38. The second kappa shape index (κ2) is 6.04. The molecular weight excluding hydrogens is 342 g/mol. The number of halogens is 2. The van der Waals surface area contributed by atoms with E-state index in [0.717, 1.165) is 29.4 Å². The summed E-state index contributed by atoms with van der Waals surface area (Å²) in [5.74, 6) is -0.753. The molecule has 2 atom stereocenters. The Bertz CT molecular complexity index is 523. The molecule has 0 saturated carbocycles. The van der Waals surface area contributed by atoms with Crippen LogP contribution < -0.4 is 0 Å². The highest BCUT2D eigenvalue weighted by molar-refractivity contribution is 9.10. The number of nitrogens with zero attached hydrogens (tertiary/aromatic N) is 1. The van der Waals surface area contributed by atoms with Crippen LogP contribution in [-0.4, -0.2) is 28.1 Å². The highest BCUT2D eigenvalue weighted by Gasteiger charge is 2.43. The molecule has 2 rings (SSSR count). The van der Waals surface area contributed by atoms with Crippen molar-refractivity contribution >= 4 is 33.5 Å². The van der Waals surface area contributed by atoms with Gasteiger partial charge in [-0.15, -0.1) is 0 Å². The molecule has 110 valence electrons. The Hall–Kier alpha value is -0.580. The highest BCUT2D eigenvalue weighted by atomic mass is 79.9. The average molecular weight is 361 g/mol. The molecule has 2 unspecified atom stereocenters. The first kappa shape index (κ1) is 15.8. The molecule has 1 heterocycles. The topological polar surface area (TPSA) is 40.5 Å². The summed E-state index contributed by atoms with van der Waals surface area (Å²) < 4.78 is 0.929. The molecule has 0 amide bonds. The maximum Gasteiger partial charge on any atom is 0.323 e. The number of carbonyl (C=O) groups is 1. The normalized spacial score (nSPS) is 25.4. The largest absolute Gasteiger partial charge is 0.480 e. The number of aliphatic carboxylic acids is 1. The first-order valence-corrected chi connectivity index (χ1v) is 7.98. The lowest BCUT2D eigenvalue weighted by Crippen LogP contribution is -2.55. The standard InChI is InChI=1S/C15H19BrClNO2/c1-10(12-6-5-11(16)9-13(12)17)18-8-4-3-7-15(18,2)14(19)20/h5-6,9-10H,3-4,7-8H2,1-2H3,(H,19,20). The van der Waals surface area contributed by atoms with Gasteiger partial charge in [0.1, 0.15) is 5.54 Å². The fraction of sp³-hybridized carbons (Fsp3) is 0.533. The third kappa shape index (κ3) is 2.87. The van der Waals surface area contributed by atoms with E-state index in [1.807, 2.05) is 32.0 Å². The maximum atomic E-state index is 11.7. The summed E-state index contributed by atoms with van der Waals surface area (Å²) in [5.41, 5.74) is 0.165. The first-order valence-electron chi connectivity index (χ1n) is 6.81. The van der Waals surface area contributed by atoms with Crippen molar-refractivity contribution in [3.63, 3.8) is 0 Å². The van der Waals surface area contributed by atoms with E-state index >= 15 is 0 Å². The molecule has 0 spiro atoms. The van der Waals surface area contributed by atoms with Crippen molar-refractivity contribution in [2.45, 2.75) is 44.7 Å². The van der Waals surface area contributed by atoms with Crippen molar-refractivity contribution in [1.29, 1.82) is 0 Å². The number of rotatable bonds is 3. The fourth-order valence-electron chi connectivity index (χ4n) is 3.00. The SMILES string of the molecule is CC(c1ccc(Br)cc1Cl)N1CCCCC1(C)C(=O)O. The molecule has 0 radical (unpaired) electrons. The van der Waals surface area contributed by atoms with E-state index in [1.165, 1.54) is 0 Å². The van der Waals surface area contributed by atoms with Crippen LogP contribution in [0.25, 0.3) is 0 Å². The zero-order chi connectivity index (χ0) is 14.9. The molecule has 0 bridgehead atoms. The van der Waals surface area contributed by atoms with E-state index in [-0.39, 0.29) is 6.04 Å². The smallest absolute Gasteiger partial charge is 0.323 e. The van der Waals surface area contributed by atoms with Gasteiger partial charge in [-0.1, -0.05) is 33.6 Å². The van der Waals surface area contributed by atoms with Gasteiger partial charge in [0.25, 0.3) is 0 Å². The van der Waals surface area contributed by atoms with Gasteiger partial charge in [0, 0.05) is 15.5 Å². The van der Waals surface area contributed by atoms with Crippen LogP contribution in [0.4, 0.5) is 0 Å². The molecule has 1 aliphatic rings. The number of carboxylic acid groups (broad SMARTS) is 1. The lowest BCUT2D eigenvalue weighted by atomic mass is 9.86. The Kier molecular flexibility index (Phi) is 4.77. The zero-order valence-corrected chi connectivity index (χ0v) is 14.0. The lowest BCUT2D eigenvalue weighted by molar-refractivity contribution is -0.155. The molecule has 1 aromatic carbocycles. The Labute approximate surface area is 133 Å². The summed E-state index contributed by atoms with van der Waals surface area (Å²) in [4.78, 5) is 13.7. The molecule has 0 aliphatic carbocycles. The van der Waals surface area contributed by atoms with Crippen LogP contribution in [-0.2, 0) is 4.79 Å². The zero-order valence-electron chi connectivity index (χ0n) is 11.7.